The third-order valence-electron chi connectivity index (χ3n) is 5.91. The van der Waals surface area contributed by atoms with Crippen molar-refractivity contribution in [1.29, 1.82) is 0 Å². The highest BCUT2D eigenvalue weighted by Crippen LogP contribution is 2.29. The molecule has 31 heavy (non-hydrogen) atoms. The first-order chi connectivity index (χ1) is 15.0. The summed E-state index contributed by atoms with van der Waals surface area (Å²) in [6.07, 6.45) is 3.69. The highest BCUT2D eigenvalue weighted by molar-refractivity contribution is 5.98. The number of likely N-dealkylation sites (tertiary alicyclic amines) is 1. The highest BCUT2D eigenvalue weighted by Gasteiger charge is 2.29. The fraction of sp³-hybridized carbons (Fsp3) is 0.417. The van der Waals surface area contributed by atoms with Crippen LogP contribution in [-0.2, 0) is 0 Å². The maximum Gasteiger partial charge on any atom is 0.270 e. The van der Waals surface area contributed by atoms with Gasteiger partial charge in [0.15, 0.2) is 5.82 Å². The molecule has 164 valence electrons. The number of carbonyl (C=O) groups excluding carboxylic acids is 1. The first kappa shape index (κ1) is 21.0. The summed E-state index contributed by atoms with van der Waals surface area (Å²) in [5.74, 6) is 1.05. The molecule has 3 aromatic rings. The Bertz CT molecular complexity index is 1050. The van der Waals surface area contributed by atoms with Gasteiger partial charge in [-0.3, -0.25) is 4.79 Å². The van der Waals surface area contributed by atoms with Gasteiger partial charge in [0.2, 0.25) is 0 Å². The number of nitrogens with one attached hydrogen (secondary N) is 2. The van der Waals surface area contributed by atoms with Crippen LogP contribution < -0.4 is 16.0 Å². The zero-order valence-electron chi connectivity index (χ0n) is 18.6. The number of amides is 1. The molecule has 0 atom stereocenters. The van der Waals surface area contributed by atoms with E-state index in [1.807, 2.05) is 41.4 Å². The van der Waals surface area contributed by atoms with Gasteiger partial charge in [0.1, 0.15) is 5.69 Å². The van der Waals surface area contributed by atoms with E-state index in [1.54, 1.807) is 0 Å². The number of piperidine rings is 1. The van der Waals surface area contributed by atoms with Gasteiger partial charge in [-0.05, 0) is 70.0 Å². The van der Waals surface area contributed by atoms with E-state index in [9.17, 15) is 4.79 Å². The first-order valence-electron chi connectivity index (χ1n) is 11.1. The van der Waals surface area contributed by atoms with Crippen molar-refractivity contribution in [3.8, 4) is 0 Å². The lowest BCUT2D eigenvalue weighted by Crippen LogP contribution is -2.47. The standard InChI is InChI=1S/C24H32N6O/c1-4-30(23-21(27-16(2)3)6-5-11-26-23)19-9-12-29(13-10-19)24(31)22-15-17-14-18(25)7-8-20(17)28-22/h5-8,11,14-16,19,27-28H,4,9-10,12-13,25H2,1-3H3. The van der Waals surface area contributed by atoms with Crippen molar-refractivity contribution in [3.05, 3.63) is 48.3 Å². The molecule has 1 aromatic carbocycles. The number of rotatable bonds is 6. The monoisotopic (exact) mass is 420 g/mol. The summed E-state index contributed by atoms with van der Waals surface area (Å²) < 4.78 is 0. The van der Waals surface area contributed by atoms with Crippen molar-refractivity contribution in [2.75, 3.05) is 35.6 Å². The number of aromatic amines is 1. The number of nitrogens with two attached hydrogens (primary N) is 1. The van der Waals surface area contributed by atoms with E-state index in [-0.39, 0.29) is 5.91 Å². The van der Waals surface area contributed by atoms with Gasteiger partial charge in [-0.15, -0.1) is 0 Å². The Balaban J connectivity index is 1.45. The summed E-state index contributed by atoms with van der Waals surface area (Å²) >= 11 is 0. The van der Waals surface area contributed by atoms with E-state index in [0.29, 0.717) is 23.5 Å². The summed E-state index contributed by atoms with van der Waals surface area (Å²) in [4.78, 5) is 25.3. The summed E-state index contributed by atoms with van der Waals surface area (Å²) in [6.45, 7) is 8.78. The number of carbonyl (C=O) groups is 1. The van der Waals surface area contributed by atoms with Crippen molar-refractivity contribution in [3.63, 3.8) is 0 Å². The van der Waals surface area contributed by atoms with Crippen LogP contribution in [0.15, 0.2) is 42.6 Å². The van der Waals surface area contributed by atoms with Crippen LogP contribution in [0, 0.1) is 0 Å². The Labute approximate surface area is 183 Å². The molecule has 1 fully saturated rings. The lowest BCUT2D eigenvalue weighted by atomic mass is 10.0. The second-order valence-corrected chi connectivity index (χ2v) is 8.51. The molecular formula is C24H32N6O. The molecule has 1 aliphatic rings. The van der Waals surface area contributed by atoms with E-state index in [4.69, 9.17) is 5.73 Å². The minimum Gasteiger partial charge on any atom is -0.399 e. The Hall–Kier alpha value is -3.22. The van der Waals surface area contributed by atoms with Gasteiger partial charge >= 0.3 is 0 Å². The van der Waals surface area contributed by atoms with Crippen LogP contribution in [0.1, 0.15) is 44.1 Å². The number of H-pyrrole nitrogens is 1. The van der Waals surface area contributed by atoms with Crippen LogP contribution in [0.2, 0.25) is 0 Å². The van der Waals surface area contributed by atoms with Gasteiger partial charge in [-0.1, -0.05) is 0 Å². The van der Waals surface area contributed by atoms with Gasteiger partial charge in [0.25, 0.3) is 5.91 Å². The molecule has 0 aliphatic carbocycles. The molecule has 0 radical (unpaired) electrons. The fourth-order valence-electron chi connectivity index (χ4n) is 4.45. The molecule has 0 bridgehead atoms. The van der Waals surface area contributed by atoms with Gasteiger partial charge in [0, 0.05) is 54.5 Å². The molecule has 3 heterocycles. The molecule has 1 saturated heterocycles. The lowest BCUT2D eigenvalue weighted by Gasteiger charge is -2.39. The third-order valence-corrected chi connectivity index (χ3v) is 5.91. The summed E-state index contributed by atoms with van der Waals surface area (Å²) in [6, 6.07) is 12.3. The first-order valence-corrected chi connectivity index (χ1v) is 11.1. The van der Waals surface area contributed by atoms with Crippen LogP contribution in [0.3, 0.4) is 0 Å². The number of fused-ring (bicyclic) bond motifs is 1. The smallest absolute Gasteiger partial charge is 0.270 e. The van der Waals surface area contributed by atoms with E-state index < -0.39 is 0 Å². The second-order valence-electron chi connectivity index (χ2n) is 8.51. The Morgan fingerprint density at radius 3 is 2.77 bits per heavy atom. The Morgan fingerprint density at radius 2 is 2.06 bits per heavy atom. The number of anilines is 3. The molecule has 1 amide bonds. The quantitative estimate of drug-likeness (QED) is 0.523. The Kier molecular flexibility index (Phi) is 6.02. The van der Waals surface area contributed by atoms with E-state index in [1.165, 1.54) is 0 Å². The topological polar surface area (TPSA) is 90.3 Å². The van der Waals surface area contributed by atoms with Crippen molar-refractivity contribution in [2.24, 2.45) is 0 Å². The van der Waals surface area contributed by atoms with E-state index in [2.05, 4.69) is 47.0 Å². The average Bonchev–Trinajstić information content (AvgIpc) is 3.18. The van der Waals surface area contributed by atoms with Crippen molar-refractivity contribution in [2.45, 2.75) is 45.7 Å². The van der Waals surface area contributed by atoms with Crippen molar-refractivity contribution >= 4 is 34.0 Å². The Morgan fingerprint density at radius 1 is 1.29 bits per heavy atom. The number of hydrogen-bond donors (Lipinski definition) is 3. The minimum absolute atomic E-state index is 0.0521. The highest BCUT2D eigenvalue weighted by atomic mass is 16.2. The van der Waals surface area contributed by atoms with E-state index >= 15 is 0 Å². The zero-order chi connectivity index (χ0) is 22.0. The van der Waals surface area contributed by atoms with Crippen LogP contribution in [0.5, 0.6) is 0 Å². The molecule has 0 unspecified atom stereocenters. The largest absolute Gasteiger partial charge is 0.399 e. The molecule has 4 N–H and O–H groups in total. The molecule has 7 heteroatoms. The van der Waals surface area contributed by atoms with Crippen LogP contribution in [0.25, 0.3) is 10.9 Å². The zero-order valence-corrected chi connectivity index (χ0v) is 18.6. The average molecular weight is 421 g/mol. The van der Waals surface area contributed by atoms with Crippen molar-refractivity contribution in [1.82, 2.24) is 14.9 Å². The predicted octanol–water partition coefficient (Wildman–Crippen LogP) is 4.10. The number of pyridine rings is 1. The minimum atomic E-state index is 0.0521. The third kappa shape index (κ3) is 4.45. The normalized spacial score (nSPS) is 14.9. The lowest BCUT2D eigenvalue weighted by molar-refractivity contribution is 0.0707. The van der Waals surface area contributed by atoms with Gasteiger partial charge in [-0.25, -0.2) is 4.98 Å². The number of aromatic nitrogens is 2. The van der Waals surface area contributed by atoms with Crippen LogP contribution in [0.4, 0.5) is 17.2 Å². The van der Waals surface area contributed by atoms with Crippen molar-refractivity contribution < 1.29 is 4.79 Å². The SMILES string of the molecule is CCN(c1ncccc1NC(C)C)C1CCN(C(=O)c2cc3cc(N)ccc3[nH]2)CC1. The fourth-order valence-corrected chi connectivity index (χ4v) is 4.45. The van der Waals surface area contributed by atoms with E-state index in [0.717, 1.165) is 54.9 Å². The second kappa shape index (κ2) is 8.88. The molecule has 0 saturated carbocycles. The molecule has 2 aromatic heterocycles. The maximum absolute atomic E-state index is 13.1. The van der Waals surface area contributed by atoms with Gasteiger partial charge in [-0.2, -0.15) is 0 Å². The predicted molar refractivity (Wildman–Crippen MR) is 128 cm³/mol. The molecule has 4 rings (SSSR count). The maximum atomic E-state index is 13.1. The van der Waals surface area contributed by atoms with Crippen LogP contribution in [-0.4, -0.2) is 52.5 Å². The summed E-state index contributed by atoms with van der Waals surface area (Å²) in [5.41, 5.74) is 9.20. The number of nitrogens with zero attached hydrogens (tertiary/aromatic N) is 3. The van der Waals surface area contributed by atoms with Crippen LogP contribution >= 0.6 is 0 Å². The number of benzene rings is 1. The van der Waals surface area contributed by atoms with Gasteiger partial charge < -0.3 is 25.8 Å². The molecule has 0 spiro atoms. The molecule has 1 aliphatic heterocycles. The molecule has 7 nitrogen and oxygen atoms in total. The van der Waals surface area contributed by atoms with Gasteiger partial charge in [0.05, 0.1) is 5.69 Å². The summed E-state index contributed by atoms with van der Waals surface area (Å²) in [5, 5.41) is 4.48. The number of nitrogen functional groups attached to an aromatic ring is 1. The summed E-state index contributed by atoms with van der Waals surface area (Å²) in [7, 11) is 0. The molecular weight excluding hydrogens is 388 g/mol. The number of hydrogen-bond acceptors (Lipinski definition) is 5.